The fourth-order valence-corrected chi connectivity index (χ4v) is 4.67. The van der Waals surface area contributed by atoms with Crippen molar-refractivity contribution in [2.75, 3.05) is 32.7 Å². The van der Waals surface area contributed by atoms with Crippen molar-refractivity contribution < 1.29 is 34.1 Å². The third kappa shape index (κ3) is 8.28. The highest BCUT2D eigenvalue weighted by molar-refractivity contribution is 5.80. The lowest BCUT2D eigenvalue weighted by Gasteiger charge is -2.45. The number of carbonyl (C=O) groups is 4. The first-order chi connectivity index (χ1) is 16.1. The summed E-state index contributed by atoms with van der Waals surface area (Å²) >= 11 is 0. The Balaban J connectivity index is 0.000000251. The molecule has 10 nitrogen and oxygen atoms in total. The second-order valence-corrected chi connectivity index (χ2v) is 11.8. The summed E-state index contributed by atoms with van der Waals surface area (Å²) < 4.78 is 5.21. The molecule has 35 heavy (non-hydrogen) atoms. The first kappa shape index (κ1) is 28.7. The van der Waals surface area contributed by atoms with Crippen LogP contribution in [-0.2, 0) is 14.3 Å². The molecular formula is C25H43N3O7. The molecule has 3 rings (SSSR count). The van der Waals surface area contributed by atoms with Gasteiger partial charge < -0.3 is 29.6 Å². The van der Waals surface area contributed by atoms with Gasteiger partial charge in [-0.2, -0.15) is 0 Å². The number of nitrogens with zero attached hydrogens (tertiary/aromatic N) is 3. The quantitative estimate of drug-likeness (QED) is 0.595. The second-order valence-electron chi connectivity index (χ2n) is 11.8. The predicted octanol–water partition coefficient (Wildman–Crippen LogP) is 3.74. The Bertz CT molecular complexity index is 775. The molecule has 0 spiro atoms. The molecule has 3 aliphatic heterocycles. The number of piperidine rings is 2. The molecule has 2 atom stereocenters. The molecule has 0 aromatic rings. The summed E-state index contributed by atoms with van der Waals surface area (Å²) in [5, 5.41) is 18.1. The molecule has 200 valence electrons. The van der Waals surface area contributed by atoms with Gasteiger partial charge in [-0.1, -0.05) is 20.8 Å². The number of aliphatic carboxylic acids is 1. The molecule has 2 unspecified atom stereocenters. The van der Waals surface area contributed by atoms with Crippen LogP contribution in [0.3, 0.4) is 0 Å². The summed E-state index contributed by atoms with van der Waals surface area (Å²) in [5.74, 6) is -0.867. The zero-order valence-corrected chi connectivity index (χ0v) is 22.1. The Labute approximate surface area is 208 Å². The van der Waals surface area contributed by atoms with Crippen molar-refractivity contribution in [3.05, 3.63) is 0 Å². The van der Waals surface area contributed by atoms with Crippen molar-refractivity contribution in [1.29, 1.82) is 0 Å². The Morgan fingerprint density at radius 3 is 1.71 bits per heavy atom. The van der Waals surface area contributed by atoms with E-state index < -0.39 is 17.7 Å². The summed E-state index contributed by atoms with van der Waals surface area (Å²) in [6, 6.07) is -0.0750. The van der Waals surface area contributed by atoms with Gasteiger partial charge in [0.15, 0.2) is 0 Å². The number of carbonyl (C=O) groups excluding carboxylic acids is 2. The van der Waals surface area contributed by atoms with E-state index in [9.17, 15) is 24.3 Å². The zero-order chi connectivity index (χ0) is 26.6. The maximum Gasteiger partial charge on any atom is 0.410 e. The van der Waals surface area contributed by atoms with E-state index in [-0.39, 0.29) is 35.3 Å². The molecule has 3 heterocycles. The molecule has 3 aliphatic rings. The lowest BCUT2D eigenvalue weighted by Crippen LogP contribution is -2.55. The van der Waals surface area contributed by atoms with Crippen LogP contribution in [0.25, 0.3) is 0 Å². The number of carboxylic acid groups (broad SMARTS) is 2. The fourth-order valence-electron chi connectivity index (χ4n) is 4.67. The number of hydrogen-bond acceptors (Lipinski definition) is 5. The third-order valence-electron chi connectivity index (χ3n) is 6.86. The average Bonchev–Trinajstić information content (AvgIpc) is 2.70. The van der Waals surface area contributed by atoms with Gasteiger partial charge in [0.2, 0.25) is 5.91 Å². The molecule has 3 amide bonds. The highest BCUT2D eigenvalue weighted by Crippen LogP contribution is 2.35. The van der Waals surface area contributed by atoms with Gasteiger partial charge in [-0.15, -0.1) is 0 Å². The van der Waals surface area contributed by atoms with Crippen molar-refractivity contribution in [2.24, 2.45) is 17.3 Å². The van der Waals surface area contributed by atoms with Gasteiger partial charge in [0.25, 0.3) is 0 Å². The largest absolute Gasteiger partial charge is 0.481 e. The molecule has 0 aliphatic carbocycles. The molecule has 3 saturated heterocycles. The molecule has 10 heteroatoms. The van der Waals surface area contributed by atoms with E-state index in [1.54, 1.807) is 4.90 Å². The van der Waals surface area contributed by atoms with Crippen molar-refractivity contribution in [2.45, 2.75) is 85.3 Å². The molecule has 3 fully saturated rings. The van der Waals surface area contributed by atoms with E-state index in [1.165, 1.54) is 4.90 Å². The Hall–Kier alpha value is -2.52. The summed E-state index contributed by atoms with van der Waals surface area (Å²) in [6.07, 6.45) is 2.22. The SMILES string of the molecule is CC(C)(C)C1CC(C(=O)N2CCC2)CCN1C(=O)O.CC(C)(C)OC(=O)N1CCC(C(=O)O)CC1. The van der Waals surface area contributed by atoms with Crippen LogP contribution < -0.4 is 0 Å². The van der Waals surface area contributed by atoms with Gasteiger partial charge in [0, 0.05) is 44.7 Å². The minimum absolute atomic E-state index is 0.000116. The van der Waals surface area contributed by atoms with E-state index in [4.69, 9.17) is 9.84 Å². The summed E-state index contributed by atoms with van der Waals surface area (Å²) in [4.78, 5) is 51.0. The average molecular weight is 498 g/mol. The van der Waals surface area contributed by atoms with Gasteiger partial charge in [0.1, 0.15) is 5.60 Å². The van der Waals surface area contributed by atoms with E-state index in [0.29, 0.717) is 45.3 Å². The molecule has 0 aromatic carbocycles. The van der Waals surface area contributed by atoms with Crippen LogP contribution in [0.2, 0.25) is 0 Å². The highest BCUT2D eigenvalue weighted by Gasteiger charge is 2.42. The second kappa shape index (κ2) is 11.5. The fraction of sp³-hybridized carbons (Fsp3) is 0.840. The standard InChI is InChI=1S/C14H24N2O3.C11H19NO4/c1-14(2,3)11-9-10(5-8-16(11)13(18)19)12(17)15-6-4-7-15;1-11(2,3)16-10(15)12-6-4-8(5-7-12)9(13)14/h10-11H,4-9H2,1-3H3,(H,18,19);8H,4-7H2,1-3H3,(H,13,14). The first-order valence-corrected chi connectivity index (χ1v) is 12.6. The van der Waals surface area contributed by atoms with Crippen molar-refractivity contribution >= 4 is 24.1 Å². The van der Waals surface area contributed by atoms with Crippen LogP contribution in [0.1, 0.15) is 73.6 Å². The minimum atomic E-state index is -0.866. The van der Waals surface area contributed by atoms with Crippen LogP contribution in [0.4, 0.5) is 9.59 Å². The van der Waals surface area contributed by atoms with Crippen molar-refractivity contribution in [3.63, 3.8) is 0 Å². The van der Waals surface area contributed by atoms with Crippen LogP contribution in [0.15, 0.2) is 0 Å². The van der Waals surface area contributed by atoms with Gasteiger partial charge in [-0.05, 0) is 58.3 Å². The normalized spacial score (nSPS) is 23.5. The smallest absolute Gasteiger partial charge is 0.410 e. The van der Waals surface area contributed by atoms with E-state index in [2.05, 4.69) is 0 Å². The Morgan fingerprint density at radius 1 is 0.771 bits per heavy atom. The maximum atomic E-state index is 12.3. The first-order valence-electron chi connectivity index (χ1n) is 12.6. The number of amides is 3. The van der Waals surface area contributed by atoms with E-state index in [1.807, 2.05) is 46.4 Å². The molecular weight excluding hydrogens is 454 g/mol. The van der Waals surface area contributed by atoms with E-state index in [0.717, 1.165) is 19.5 Å². The summed E-state index contributed by atoms with van der Waals surface area (Å²) in [6.45, 7) is 14.7. The monoisotopic (exact) mass is 497 g/mol. The summed E-state index contributed by atoms with van der Waals surface area (Å²) in [7, 11) is 0. The van der Waals surface area contributed by atoms with Crippen molar-refractivity contribution in [1.82, 2.24) is 14.7 Å². The summed E-state index contributed by atoms with van der Waals surface area (Å²) in [5.41, 5.74) is -0.632. The maximum absolute atomic E-state index is 12.3. The van der Waals surface area contributed by atoms with E-state index >= 15 is 0 Å². The molecule has 0 aromatic heterocycles. The highest BCUT2D eigenvalue weighted by atomic mass is 16.6. The van der Waals surface area contributed by atoms with Crippen LogP contribution in [0.5, 0.6) is 0 Å². The topological polar surface area (TPSA) is 128 Å². The Morgan fingerprint density at radius 2 is 1.31 bits per heavy atom. The van der Waals surface area contributed by atoms with Gasteiger partial charge in [-0.25, -0.2) is 9.59 Å². The number of rotatable bonds is 2. The van der Waals surface area contributed by atoms with Gasteiger partial charge in [-0.3, -0.25) is 9.59 Å². The van der Waals surface area contributed by atoms with Crippen molar-refractivity contribution in [3.8, 4) is 0 Å². The third-order valence-corrected chi connectivity index (χ3v) is 6.86. The van der Waals surface area contributed by atoms with Crippen LogP contribution >= 0.6 is 0 Å². The lowest BCUT2D eigenvalue weighted by molar-refractivity contribution is -0.143. The molecule has 0 radical (unpaired) electrons. The Kier molecular flexibility index (Phi) is 9.42. The van der Waals surface area contributed by atoms with Gasteiger partial charge in [0.05, 0.1) is 5.92 Å². The zero-order valence-electron chi connectivity index (χ0n) is 22.1. The molecule has 0 saturated carbocycles. The van der Waals surface area contributed by atoms with Crippen LogP contribution in [0, 0.1) is 17.3 Å². The van der Waals surface area contributed by atoms with Gasteiger partial charge >= 0.3 is 18.2 Å². The lowest BCUT2D eigenvalue weighted by atomic mass is 9.76. The number of likely N-dealkylation sites (tertiary alicyclic amines) is 3. The molecule has 2 N–H and O–H groups in total. The van der Waals surface area contributed by atoms with Crippen LogP contribution in [-0.4, -0.2) is 93.3 Å². The number of carboxylic acids is 1. The molecule has 0 bridgehead atoms. The predicted molar refractivity (Wildman–Crippen MR) is 130 cm³/mol. The number of ether oxygens (including phenoxy) is 1. The number of hydrogen-bond donors (Lipinski definition) is 2. The minimum Gasteiger partial charge on any atom is -0.481 e.